The maximum Gasteiger partial charge on any atom is 0.111 e. The minimum absolute atomic E-state index is 0.188. The van der Waals surface area contributed by atoms with Crippen molar-refractivity contribution in [1.29, 1.82) is 0 Å². The summed E-state index contributed by atoms with van der Waals surface area (Å²) in [7, 11) is 0. The number of aliphatic hydroxyl groups excluding tert-OH is 3. The molecule has 0 aromatic heterocycles. The third kappa shape index (κ3) is 1.58. The lowest BCUT2D eigenvalue weighted by molar-refractivity contribution is -0.149. The number of rotatable bonds is 0. The van der Waals surface area contributed by atoms with E-state index in [-0.39, 0.29) is 6.17 Å². The molecule has 0 aromatic carbocycles. The van der Waals surface area contributed by atoms with Crippen molar-refractivity contribution in [2.45, 2.75) is 30.9 Å². The van der Waals surface area contributed by atoms with Gasteiger partial charge >= 0.3 is 0 Å². The van der Waals surface area contributed by atoms with E-state index in [2.05, 4.69) is 5.32 Å². The Balaban J connectivity index is 2.08. The molecule has 76 valence electrons. The standard InChI is InChI=1S/C8H16N2O3/c11-5-4-10-3-1-2-9-8(10)7(13)6(5)12/h5-9,11-13H,1-4H2/t5-,6-,7+,8-/m0/s1. The molecule has 0 unspecified atom stereocenters. The summed E-state index contributed by atoms with van der Waals surface area (Å²) in [5, 5.41) is 31.6. The highest BCUT2D eigenvalue weighted by Gasteiger charge is 2.41. The highest BCUT2D eigenvalue weighted by Crippen LogP contribution is 2.19. The molecule has 0 radical (unpaired) electrons. The Morgan fingerprint density at radius 3 is 2.69 bits per heavy atom. The van der Waals surface area contributed by atoms with Crippen LogP contribution in [0.4, 0.5) is 0 Å². The molecular formula is C8H16N2O3. The predicted octanol–water partition coefficient (Wildman–Crippen LogP) is -2.30. The van der Waals surface area contributed by atoms with E-state index >= 15 is 0 Å². The van der Waals surface area contributed by atoms with Crippen molar-refractivity contribution in [3.8, 4) is 0 Å². The van der Waals surface area contributed by atoms with Gasteiger partial charge in [0.15, 0.2) is 0 Å². The van der Waals surface area contributed by atoms with Crippen LogP contribution in [0.3, 0.4) is 0 Å². The number of piperidine rings is 1. The minimum atomic E-state index is -1.02. The molecule has 0 spiro atoms. The van der Waals surface area contributed by atoms with Gasteiger partial charge in [0.2, 0.25) is 0 Å². The maximum atomic E-state index is 9.63. The molecule has 2 rings (SSSR count). The van der Waals surface area contributed by atoms with E-state index in [0.29, 0.717) is 6.54 Å². The van der Waals surface area contributed by atoms with Crippen molar-refractivity contribution in [3.63, 3.8) is 0 Å². The van der Waals surface area contributed by atoms with Crippen molar-refractivity contribution in [3.05, 3.63) is 0 Å². The molecule has 0 bridgehead atoms. The van der Waals surface area contributed by atoms with Gasteiger partial charge in [-0.1, -0.05) is 0 Å². The second-order valence-corrected chi connectivity index (χ2v) is 3.80. The summed E-state index contributed by atoms with van der Waals surface area (Å²) in [6.07, 6.45) is -1.90. The van der Waals surface area contributed by atoms with Gasteiger partial charge in [-0.3, -0.25) is 10.2 Å². The summed E-state index contributed by atoms with van der Waals surface area (Å²) >= 11 is 0. The first-order valence-corrected chi connectivity index (χ1v) is 4.72. The molecule has 4 atom stereocenters. The topological polar surface area (TPSA) is 76.0 Å². The van der Waals surface area contributed by atoms with Gasteiger partial charge in [0.05, 0.1) is 12.3 Å². The van der Waals surface area contributed by atoms with Crippen LogP contribution in [0, 0.1) is 0 Å². The van der Waals surface area contributed by atoms with Crippen molar-refractivity contribution < 1.29 is 15.3 Å². The van der Waals surface area contributed by atoms with Crippen LogP contribution in [0.25, 0.3) is 0 Å². The van der Waals surface area contributed by atoms with Crippen LogP contribution < -0.4 is 5.32 Å². The molecule has 2 fully saturated rings. The Kier molecular flexibility index (Phi) is 2.53. The summed E-state index contributed by atoms with van der Waals surface area (Å²) < 4.78 is 0. The molecule has 5 heteroatoms. The lowest BCUT2D eigenvalue weighted by Crippen LogP contribution is -2.68. The molecule has 0 aromatic rings. The van der Waals surface area contributed by atoms with Crippen LogP contribution in [0.2, 0.25) is 0 Å². The van der Waals surface area contributed by atoms with Gasteiger partial charge in [-0.05, 0) is 13.0 Å². The number of hydrogen-bond acceptors (Lipinski definition) is 5. The molecule has 0 aliphatic carbocycles. The van der Waals surface area contributed by atoms with Gasteiger partial charge in [0.25, 0.3) is 0 Å². The van der Waals surface area contributed by atoms with E-state index in [0.717, 1.165) is 19.5 Å². The Morgan fingerprint density at radius 2 is 1.92 bits per heavy atom. The number of nitrogens with zero attached hydrogens (tertiary/aromatic N) is 1. The van der Waals surface area contributed by atoms with Crippen LogP contribution >= 0.6 is 0 Å². The second-order valence-electron chi connectivity index (χ2n) is 3.80. The van der Waals surface area contributed by atoms with E-state index in [4.69, 9.17) is 0 Å². The Labute approximate surface area is 77.0 Å². The van der Waals surface area contributed by atoms with Gasteiger partial charge in [0, 0.05) is 13.1 Å². The fourth-order valence-electron chi connectivity index (χ4n) is 2.10. The zero-order valence-corrected chi connectivity index (χ0v) is 7.43. The van der Waals surface area contributed by atoms with E-state index in [9.17, 15) is 15.3 Å². The first-order chi connectivity index (χ1) is 6.20. The fourth-order valence-corrected chi connectivity index (χ4v) is 2.10. The molecule has 2 saturated heterocycles. The summed E-state index contributed by atoms with van der Waals surface area (Å²) in [6, 6.07) is 0. The smallest absolute Gasteiger partial charge is 0.111 e. The quantitative estimate of drug-likeness (QED) is 0.344. The molecule has 4 N–H and O–H groups in total. The average molecular weight is 188 g/mol. The summed E-state index contributed by atoms with van der Waals surface area (Å²) in [6.45, 7) is 2.18. The monoisotopic (exact) mass is 188 g/mol. The molecule has 2 heterocycles. The SMILES string of the molecule is O[C@@H]1[C@@H](O)[C@@H](O)CN2CCCN[C@H]12. The summed E-state index contributed by atoms with van der Waals surface area (Å²) in [5.41, 5.74) is 0. The molecule has 2 aliphatic heterocycles. The number of nitrogens with one attached hydrogen (secondary N) is 1. The molecule has 2 aliphatic rings. The van der Waals surface area contributed by atoms with Crippen molar-refractivity contribution in [2.75, 3.05) is 19.6 Å². The first-order valence-electron chi connectivity index (χ1n) is 4.72. The lowest BCUT2D eigenvalue weighted by atomic mass is 9.97. The molecule has 5 nitrogen and oxygen atoms in total. The largest absolute Gasteiger partial charge is 0.389 e. The predicted molar refractivity (Wildman–Crippen MR) is 46.0 cm³/mol. The molecule has 0 amide bonds. The third-order valence-corrected chi connectivity index (χ3v) is 2.86. The fraction of sp³-hybridized carbons (Fsp3) is 1.00. The Bertz CT molecular complexity index is 188. The average Bonchev–Trinajstić information content (AvgIpc) is 2.15. The van der Waals surface area contributed by atoms with E-state index in [1.165, 1.54) is 0 Å². The maximum absolute atomic E-state index is 9.63. The van der Waals surface area contributed by atoms with E-state index in [1.54, 1.807) is 0 Å². The van der Waals surface area contributed by atoms with Crippen LogP contribution in [0.1, 0.15) is 6.42 Å². The van der Waals surface area contributed by atoms with Crippen LogP contribution in [0.15, 0.2) is 0 Å². The van der Waals surface area contributed by atoms with Crippen molar-refractivity contribution in [2.24, 2.45) is 0 Å². The first kappa shape index (κ1) is 9.36. The van der Waals surface area contributed by atoms with Gasteiger partial charge in [-0.25, -0.2) is 0 Å². The Morgan fingerprint density at radius 1 is 1.15 bits per heavy atom. The second kappa shape index (κ2) is 3.51. The zero-order valence-electron chi connectivity index (χ0n) is 7.43. The highest BCUT2D eigenvalue weighted by atomic mass is 16.4. The summed E-state index contributed by atoms with van der Waals surface area (Å²) in [4.78, 5) is 1.98. The van der Waals surface area contributed by atoms with Crippen molar-refractivity contribution in [1.82, 2.24) is 10.2 Å². The van der Waals surface area contributed by atoms with Gasteiger partial charge in [-0.2, -0.15) is 0 Å². The van der Waals surface area contributed by atoms with Gasteiger partial charge in [0.1, 0.15) is 12.2 Å². The van der Waals surface area contributed by atoms with E-state index in [1.807, 2.05) is 4.90 Å². The highest BCUT2D eigenvalue weighted by molar-refractivity contribution is 4.94. The van der Waals surface area contributed by atoms with Crippen molar-refractivity contribution >= 4 is 0 Å². The van der Waals surface area contributed by atoms with Crippen LogP contribution in [-0.4, -0.2) is 64.3 Å². The molecule has 0 saturated carbocycles. The van der Waals surface area contributed by atoms with Gasteiger partial charge < -0.3 is 15.3 Å². The Hall–Kier alpha value is -0.200. The molecular weight excluding hydrogens is 172 g/mol. The number of aliphatic hydroxyl groups is 3. The minimum Gasteiger partial charge on any atom is -0.389 e. The third-order valence-electron chi connectivity index (χ3n) is 2.86. The zero-order chi connectivity index (χ0) is 9.42. The normalized spacial score (nSPS) is 47.3. The molecule has 13 heavy (non-hydrogen) atoms. The number of hydrogen-bond donors (Lipinski definition) is 4. The lowest BCUT2D eigenvalue weighted by Gasteiger charge is -2.46. The number of fused-ring (bicyclic) bond motifs is 1. The van der Waals surface area contributed by atoms with Crippen LogP contribution in [0.5, 0.6) is 0 Å². The summed E-state index contributed by atoms with van der Waals surface area (Å²) in [5.74, 6) is 0. The van der Waals surface area contributed by atoms with E-state index < -0.39 is 18.3 Å². The van der Waals surface area contributed by atoms with Gasteiger partial charge in [-0.15, -0.1) is 0 Å². The van der Waals surface area contributed by atoms with Crippen LogP contribution in [-0.2, 0) is 0 Å².